The van der Waals surface area contributed by atoms with E-state index in [1.165, 1.54) is 12.8 Å². The molecular formula is C14H22N2O. The molecule has 0 spiro atoms. The summed E-state index contributed by atoms with van der Waals surface area (Å²) in [6.45, 7) is 8.57. The fourth-order valence-corrected chi connectivity index (χ4v) is 2.17. The normalized spacial score (nSPS) is 21.3. The van der Waals surface area contributed by atoms with Crippen LogP contribution in [-0.2, 0) is 0 Å². The molecule has 0 aromatic carbocycles. The van der Waals surface area contributed by atoms with Crippen LogP contribution in [0.2, 0.25) is 0 Å². The van der Waals surface area contributed by atoms with Crippen LogP contribution in [-0.4, -0.2) is 23.2 Å². The number of hydrogen-bond acceptors (Lipinski definition) is 3. The van der Waals surface area contributed by atoms with Crippen LogP contribution >= 0.6 is 0 Å². The van der Waals surface area contributed by atoms with Crippen molar-refractivity contribution in [3.8, 4) is 0 Å². The Labute approximate surface area is 103 Å². The van der Waals surface area contributed by atoms with Crippen LogP contribution in [0.15, 0.2) is 18.3 Å². The molecule has 2 rings (SSSR count). The molecule has 1 atom stereocenters. The number of rotatable bonds is 2. The summed E-state index contributed by atoms with van der Waals surface area (Å²) in [5.74, 6) is 1.03. The zero-order valence-electron chi connectivity index (χ0n) is 11.0. The lowest BCUT2D eigenvalue weighted by atomic mass is 9.83. The highest BCUT2D eigenvalue weighted by Crippen LogP contribution is 2.31. The van der Waals surface area contributed by atoms with E-state index in [0.717, 1.165) is 24.5 Å². The van der Waals surface area contributed by atoms with Crippen molar-refractivity contribution in [2.45, 2.75) is 39.7 Å². The molecule has 1 saturated heterocycles. The summed E-state index contributed by atoms with van der Waals surface area (Å²) in [6, 6.07) is 3.98. The number of hydrogen-bond donors (Lipinski definition) is 1. The molecule has 1 aromatic rings. The van der Waals surface area contributed by atoms with Crippen molar-refractivity contribution < 1.29 is 5.11 Å². The number of anilines is 1. The first-order chi connectivity index (χ1) is 7.98. The SMILES string of the molecule is CC(O)c1ccc(N2CCC(C)(C)CC2)nc1. The molecule has 0 radical (unpaired) electrons. The van der Waals surface area contributed by atoms with Crippen molar-refractivity contribution in [1.82, 2.24) is 4.98 Å². The Morgan fingerprint density at radius 3 is 2.41 bits per heavy atom. The Morgan fingerprint density at radius 2 is 1.94 bits per heavy atom. The van der Waals surface area contributed by atoms with E-state index in [0.29, 0.717) is 5.41 Å². The first-order valence-corrected chi connectivity index (χ1v) is 6.37. The highest BCUT2D eigenvalue weighted by molar-refractivity contribution is 5.40. The number of aliphatic hydroxyl groups excluding tert-OH is 1. The van der Waals surface area contributed by atoms with Crippen LogP contribution in [0.25, 0.3) is 0 Å². The number of aromatic nitrogens is 1. The molecule has 2 heterocycles. The van der Waals surface area contributed by atoms with Gasteiger partial charge in [-0.1, -0.05) is 19.9 Å². The summed E-state index contributed by atoms with van der Waals surface area (Å²) in [4.78, 5) is 6.77. The summed E-state index contributed by atoms with van der Waals surface area (Å²) >= 11 is 0. The molecule has 1 N–H and O–H groups in total. The highest BCUT2D eigenvalue weighted by atomic mass is 16.3. The van der Waals surface area contributed by atoms with Crippen molar-refractivity contribution in [3.63, 3.8) is 0 Å². The smallest absolute Gasteiger partial charge is 0.128 e. The fraction of sp³-hybridized carbons (Fsp3) is 0.643. The molecule has 0 bridgehead atoms. The Balaban J connectivity index is 2.04. The zero-order valence-corrected chi connectivity index (χ0v) is 11.0. The van der Waals surface area contributed by atoms with Crippen LogP contribution in [0.5, 0.6) is 0 Å². The van der Waals surface area contributed by atoms with Gasteiger partial charge in [-0.15, -0.1) is 0 Å². The molecule has 94 valence electrons. The summed E-state index contributed by atoms with van der Waals surface area (Å²) in [7, 11) is 0. The standard InChI is InChI=1S/C14H22N2O/c1-11(17)12-4-5-13(15-10-12)16-8-6-14(2,3)7-9-16/h4-5,10-11,17H,6-9H2,1-3H3. The molecule has 3 heteroatoms. The van der Waals surface area contributed by atoms with Gasteiger partial charge in [0.05, 0.1) is 6.10 Å². The molecule has 17 heavy (non-hydrogen) atoms. The Kier molecular flexibility index (Phi) is 3.38. The van der Waals surface area contributed by atoms with E-state index in [4.69, 9.17) is 0 Å². The fourth-order valence-electron chi connectivity index (χ4n) is 2.17. The molecule has 0 saturated carbocycles. The number of aliphatic hydroxyl groups is 1. The van der Waals surface area contributed by atoms with Gasteiger partial charge in [-0.25, -0.2) is 4.98 Å². The lowest BCUT2D eigenvalue weighted by Gasteiger charge is -2.37. The summed E-state index contributed by atoms with van der Waals surface area (Å²) < 4.78 is 0. The van der Waals surface area contributed by atoms with Gasteiger partial charge in [-0.05, 0) is 36.8 Å². The first-order valence-electron chi connectivity index (χ1n) is 6.37. The van der Waals surface area contributed by atoms with Crippen LogP contribution in [0, 0.1) is 5.41 Å². The van der Waals surface area contributed by atoms with Crippen LogP contribution in [0.3, 0.4) is 0 Å². The van der Waals surface area contributed by atoms with Crippen LogP contribution in [0.1, 0.15) is 45.3 Å². The number of piperidine rings is 1. The quantitative estimate of drug-likeness (QED) is 0.854. The van der Waals surface area contributed by atoms with E-state index in [2.05, 4.69) is 23.7 Å². The summed E-state index contributed by atoms with van der Waals surface area (Å²) in [6.07, 6.45) is 3.77. The van der Waals surface area contributed by atoms with E-state index >= 15 is 0 Å². The first kappa shape index (κ1) is 12.4. The third-order valence-electron chi connectivity index (χ3n) is 3.69. The average molecular weight is 234 g/mol. The van der Waals surface area contributed by atoms with Crippen molar-refractivity contribution >= 4 is 5.82 Å². The molecule has 1 aliphatic rings. The van der Waals surface area contributed by atoms with E-state index in [1.807, 2.05) is 12.1 Å². The molecule has 1 unspecified atom stereocenters. The van der Waals surface area contributed by atoms with Gasteiger partial charge in [0.25, 0.3) is 0 Å². The predicted octanol–water partition coefficient (Wildman–Crippen LogP) is 2.76. The van der Waals surface area contributed by atoms with E-state index < -0.39 is 6.10 Å². The Morgan fingerprint density at radius 1 is 1.29 bits per heavy atom. The van der Waals surface area contributed by atoms with Crippen molar-refractivity contribution in [1.29, 1.82) is 0 Å². The van der Waals surface area contributed by atoms with E-state index in [-0.39, 0.29) is 0 Å². The lowest BCUT2D eigenvalue weighted by Crippen LogP contribution is -2.37. The van der Waals surface area contributed by atoms with E-state index in [9.17, 15) is 5.11 Å². The third-order valence-corrected chi connectivity index (χ3v) is 3.69. The average Bonchev–Trinajstić information content (AvgIpc) is 2.29. The largest absolute Gasteiger partial charge is 0.389 e. The molecule has 1 aliphatic heterocycles. The second kappa shape index (κ2) is 4.65. The highest BCUT2D eigenvalue weighted by Gasteiger charge is 2.25. The second-order valence-corrected chi connectivity index (χ2v) is 5.78. The lowest BCUT2D eigenvalue weighted by molar-refractivity contribution is 0.199. The van der Waals surface area contributed by atoms with Crippen molar-refractivity contribution in [3.05, 3.63) is 23.9 Å². The number of nitrogens with zero attached hydrogens (tertiary/aromatic N) is 2. The van der Waals surface area contributed by atoms with Gasteiger partial charge < -0.3 is 10.0 Å². The second-order valence-electron chi connectivity index (χ2n) is 5.78. The van der Waals surface area contributed by atoms with Gasteiger partial charge in [0.2, 0.25) is 0 Å². The molecule has 0 aliphatic carbocycles. The van der Waals surface area contributed by atoms with Gasteiger partial charge in [-0.2, -0.15) is 0 Å². The van der Waals surface area contributed by atoms with E-state index in [1.54, 1.807) is 13.1 Å². The van der Waals surface area contributed by atoms with Gasteiger partial charge in [0.15, 0.2) is 0 Å². The number of pyridine rings is 1. The van der Waals surface area contributed by atoms with Crippen molar-refractivity contribution in [2.75, 3.05) is 18.0 Å². The maximum Gasteiger partial charge on any atom is 0.128 e. The zero-order chi connectivity index (χ0) is 12.5. The topological polar surface area (TPSA) is 36.4 Å². The predicted molar refractivity (Wildman–Crippen MR) is 70.1 cm³/mol. The Hall–Kier alpha value is -1.09. The molecule has 1 aromatic heterocycles. The maximum absolute atomic E-state index is 9.44. The van der Waals surface area contributed by atoms with Crippen LogP contribution < -0.4 is 4.90 Å². The van der Waals surface area contributed by atoms with Gasteiger partial charge >= 0.3 is 0 Å². The monoisotopic (exact) mass is 234 g/mol. The minimum atomic E-state index is -0.433. The van der Waals surface area contributed by atoms with Gasteiger partial charge in [0.1, 0.15) is 5.82 Å². The molecule has 3 nitrogen and oxygen atoms in total. The third kappa shape index (κ3) is 2.97. The molecule has 1 fully saturated rings. The summed E-state index contributed by atoms with van der Waals surface area (Å²) in [5, 5.41) is 9.44. The van der Waals surface area contributed by atoms with Crippen LogP contribution in [0.4, 0.5) is 5.82 Å². The van der Waals surface area contributed by atoms with Gasteiger partial charge in [0, 0.05) is 19.3 Å². The minimum Gasteiger partial charge on any atom is -0.389 e. The maximum atomic E-state index is 9.44. The van der Waals surface area contributed by atoms with Crippen molar-refractivity contribution in [2.24, 2.45) is 5.41 Å². The Bertz CT molecular complexity index is 360. The molecular weight excluding hydrogens is 212 g/mol. The molecule has 0 amide bonds. The van der Waals surface area contributed by atoms with Gasteiger partial charge in [-0.3, -0.25) is 0 Å². The minimum absolute atomic E-state index is 0.433. The summed E-state index contributed by atoms with van der Waals surface area (Å²) in [5.41, 5.74) is 1.35.